The first-order valence-electron chi connectivity index (χ1n) is 10.1. The summed E-state index contributed by atoms with van der Waals surface area (Å²) in [5.41, 5.74) is 1.17. The average Bonchev–Trinajstić information content (AvgIpc) is 2.74. The molecule has 3 rings (SSSR count). The standard InChI is InChI=1S/C21H30ClN7.HI/c1-3-23-20(27(2)17-18-6-4-7-19(22)16-18)26-10-11-28-12-14-29(15-13-28)21-24-8-5-9-25-21;/h4-9,16H,3,10-15,17H2,1-2H3,(H,23,26);1H. The molecule has 0 saturated carbocycles. The molecule has 2 aromatic rings. The number of hydrogen-bond acceptors (Lipinski definition) is 5. The normalized spacial score (nSPS) is 14.9. The van der Waals surface area contributed by atoms with Gasteiger partial charge < -0.3 is 15.1 Å². The monoisotopic (exact) mass is 543 g/mol. The first kappa shape index (κ1) is 24.6. The van der Waals surface area contributed by atoms with Gasteiger partial charge in [0.15, 0.2) is 5.96 Å². The molecule has 0 radical (unpaired) electrons. The van der Waals surface area contributed by atoms with E-state index in [4.69, 9.17) is 16.6 Å². The van der Waals surface area contributed by atoms with Crippen LogP contribution in [0.25, 0.3) is 0 Å². The molecule has 0 atom stereocenters. The smallest absolute Gasteiger partial charge is 0.225 e. The molecule has 1 fully saturated rings. The quantitative estimate of drug-likeness (QED) is 0.329. The fraction of sp³-hybridized carbons (Fsp3) is 0.476. The van der Waals surface area contributed by atoms with Gasteiger partial charge in [0.2, 0.25) is 5.95 Å². The molecule has 0 spiro atoms. The molecule has 1 aromatic heterocycles. The fourth-order valence-corrected chi connectivity index (χ4v) is 3.59. The summed E-state index contributed by atoms with van der Waals surface area (Å²) in [4.78, 5) is 20.3. The molecule has 30 heavy (non-hydrogen) atoms. The van der Waals surface area contributed by atoms with Crippen LogP contribution >= 0.6 is 35.6 Å². The van der Waals surface area contributed by atoms with Gasteiger partial charge in [-0.3, -0.25) is 9.89 Å². The number of nitrogens with one attached hydrogen (secondary N) is 1. The summed E-state index contributed by atoms with van der Waals surface area (Å²) >= 11 is 6.11. The van der Waals surface area contributed by atoms with Crippen LogP contribution in [0.5, 0.6) is 0 Å². The number of piperazine rings is 1. The Bertz CT molecular complexity index is 782. The van der Waals surface area contributed by atoms with E-state index in [2.05, 4.69) is 50.0 Å². The molecule has 0 unspecified atom stereocenters. The Kier molecular flexibility index (Phi) is 10.6. The third kappa shape index (κ3) is 7.55. The lowest BCUT2D eigenvalue weighted by Gasteiger charge is -2.34. The molecule has 0 aliphatic carbocycles. The molecular formula is C21H31ClIN7. The van der Waals surface area contributed by atoms with Crippen LogP contribution in [0.4, 0.5) is 5.95 Å². The third-order valence-electron chi connectivity index (χ3n) is 4.89. The van der Waals surface area contributed by atoms with Crippen molar-refractivity contribution in [3.8, 4) is 0 Å². The first-order valence-corrected chi connectivity index (χ1v) is 10.5. The molecule has 1 aromatic carbocycles. The van der Waals surface area contributed by atoms with Gasteiger partial charge in [-0.25, -0.2) is 9.97 Å². The Hall–Kier alpha value is -1.65. The van der Waals surface area contributed by atoms with Crippen molar-refractivity contribution in [2.75, 3.05) is 57.8 Å². The van der Waals surface area contributed by atoms with E-state index in [0.717, 1.165) is 69.3 Å². The molecular weight excluding hydrogens is 513 g/mol. The number of benzene rings is 1. The molecule has 7 nitrogen and oxygen atoms in total. The number of hydrogen-bond donors (Lipinski definition) is 1. The summed E-state index contributed by atoms with van der Waals surface area (Å²) in [5, 5.41) is 4.15. The molecule has 1 aliphatic rings. The number of halogens is 2. The summed E-state index contributed by atoms with van der Waals surface area (Å²) in [6.45, 7) is 9.31. The second-order valence-corrected chi connectivity index (χ2v) is 7.54. The largest absolute Gasteiger partial charge is 0.357 e. The predicted molar refractivity (Wildman–Crippen MR) is 135 cm³/mol. The minimum absolute atomic E-state index is 0. The van der Waals surface area contributed by atoms with Gasteiger partial charge >= 0.3 is 0 Å². The lowest BCUT2D eigenvalue weighted by Crippen LogP contribution is -2.47. The van der Waals surface area contributed by atoms with Gasteiger partial charge in [0, 0.05) is 70.3 Å². The summed E-state index contributed by atoms with van der Waals surface area (Å²) in [5.74, 6) is 1.74. The zero-order chi connectivity index (χ0) is 20.5. The van der Waals surface area contributed by atoms with Crippen molar-refractivity contribution >= 4 is 47.5 Å². The van der Waals surface area contributed by atoms with E-state index in [-0.39, 0.29) is 24.0 Å². The van der Waals surface area contributed by atoms with Crippen LogP contribution in [-0.4, -0.2) is 78.6 Å². The molecule has 9 heteroatoms. The maximum Gasteiger partial charge on any atom is 0.225 e. The van der Waals surface area contributed by atoms with Crippen LogP contribution in [0.3, 0.4) is 0 Å². The van der Waals surface area contributed by atoms with Gasteiger partial charge in [0.05, 0.1) is 6.54 Å². The van der Waals surface area contributed by atoms with Gasteiger partial charge in [0.25, 0.3) is 0 Å². The number of anilines is 1. The highest BCUT2D eigenvalue weighted by Gasteiger charge is 2.18. The van der Waals surface area contributed by atoms with Crippen LogP contribution in [0.15, 0.2) is 47.7 Å². The molecule has 1 saturated heterocycles. The van der Waals surface area contributed by atoms with Crippen LogP contribution in [0, 0.1) is 0 Å². The minimum atomic E-state index is 0. The fourth-order valence-electron chi connectivity index (χ4n) is 3.38. The van der Waals surface area contributed by atoms with Gasteiger partial charge in [-0.15, -0.1) is 24.0 Å². The van der Waals surface area contributed by atoms with E-state index in [1.165, 1.54) is 5.56 Å². The van der Waals surface area contributed by atoms with Crippen molar-refractivity contribution < 1.29 is 0 Å². The van der Waals surface area contributed by atoms with Crippen LogP contribution < -0.4 is 10.2 Å². The minimum Gasteiger partial charge on any atom is -0.357 e. The van der Waals surface area contributed by atoms with Crippen LogP contribution in [-0.2, 0) is 6.54 Å². The lowest BCUT2D eigenvalue weighted by molar-refractivity contribution is 0.263. The SMILES string of the molecule is CCNC(=NCCN1CCN(c2ncccn2)CC1)N(C)Cc1cccc(Cl)c1.I. The Morgan fingerprint density at radius 1 is 1.17 bits per heavy atom. The second-order valence-electron chi connectivity index (χ2n) is 7.10. The van der Waals surface area contributed by atoms with E-state index >= 15 is 0 Å². The molecule has 0 amide bonds. The van der Waals surface area contributed by atoms with E-state index in [1.54, 1.807) is 12.4 Å². The third-order valence-corrected chi connectivity index (χ3v) is 5.13. The van der Waals surface area contributed by atoms with Crippen molar-refractivity contribution in [1.29, 1.82) is 0 Å². The van der Waals surface area contributed by atoms with Gasteiger partial charge in [-0.1, -0.05) is 23.7 Å². The van der Waals surface area contributed by atoms with Crippen molar-refractivity contribution in [2.24, 2.45) is 4.99 Å². The van der Waals surface area contributed by atoms with Crippen molar-refractivity contribution in [2.45, 2.75) is 13.5 Å². The number of rotatable bonds is 7. The molecule has 2 heterocycles. The average molecular weight is 544 g/mol. The second kappa shape index (κ2) is 12.9. The first-order chi connectivity index (χ1) is 14.2. The highest BCUT2D eigenvalue weighted by molar-refractivity contribution is 14.0. The maximum absolute atomic E-state index is 6.11. The topological polar surface area (TPSA) is 59.9 Å². The highest BCUT2D eigenvalue weighted by atomic mass is 127. The Labute approximate surface area is 201 Å². The zero-order valence-electron chi connectivity index (χ0n) is 17.7. The Morgan fingerprint density at radius 3 is 2.57 bits per heavy atom. The van der Waals surface area contributed by atoms with E-state index < -0.39 is 0 Å². The highest BCUT2D eigenvalue weighted by Crippen LogP contribution is 2.12. The predicted octanol–water partition coefficient (Wildman–Crippen LogP) is 2.97. The Morgan fingerprint density at radius 2 is 1.90 bits per heavy atom. The summed E-state index contributed by atoms with van der Waals surface area (Å²) < 4.78 is 0. The van der Waals surface area contributed by atoms with Gasteiger partial charge in [-0.05, 0) is 30.7 Å². The van der Waals surface area contributed by atoms with Crippen LogP contribution in [0.2, 0.25) is 5.02 Å². The maximum atomic E-state index is 6.11. The van der Waals surface area contributed by atoms with Gasteiger partial charge in [-0.2, -0.15) is 0 Å². The van der Waals surface area contributed by atoms with Crippen molar-refractivity contribution in [3.63, 3.8) is 0 Å². The molecule has 1 aliphatic heterocycles. The summed E-state index contributed by atoms with van der Waals surface area (Å²) in [6, 6.07) is 9.81. The molecule has 164 valence electrons. The van der Waals surface area contributed by atoms with E-state index in [9.17, 15) is 0 Å². The lowest BCUT2D eigenvalue weighted by atomic mass is 10.2. The molecule has 1 N–H and O–H groups in total. The number of nitrogens with zero attached hydrogens (tertiary/aromatic N) is 6. The number of guanidine groups is 1. The molecule has 0 bridgehead atoms. The number of aliphatic imine (C=N–C) groups is 1. The van der Waals surface area contributed by atoms with Crippen molar-refractivity contribution in [1.82, 2.24) is 25.1 Å². The zero-order valence-corrected chi connectivity index (χ0v) is 20.8. The van der Waals surface area contributed by atoms with E-state index in [0.29, 0.717) is 0 Å². The van der Waals surface area contributed by atoms with E-state index in [1.807, 2.05) is 24.3 Å². The van der Waals surface area contributed by atoms with Crippen LogP contribution in [0.1, 0.15) is 12.5 Å². The summed E-state index contributed by atoms with van der Waals surface area (Å²) in [7, 11) is 2.06. The van der Waals surface area contributed by atoms with Crippen molar-refractivity contribution in [3.05, 3.63) is 53.3 Å². The van der Waals surface area contributed by atoms with Gasteiger partial charge in [0.1, 0.15) is 0 Å². The number of aromatic nitrogens is 2. The Balaban J connectivity index is 0.00000320. The summed E-state index contributed by atoms with van der Waals surface area (Å²) in [6.07, 6.45) is 3.59.